The van der Waals surface area contributed by atoms with Gasteiger partial charge in [0.1, 0.15) is 99.3 Å². The molecule has 7 aromatic rings. The van der Waals surface area contributed by atoms with Gasteiger partial charge in [0, 0.05) is 25.0 Å². The van der Waals surface area contributed by atoms with Crippen LogP contribution in [0, 0.1) is 41.8 Å². The van der Waals surface area contributed by atoms with Crippen molar-refractivity contribution in [3.63, 3.8) is 0 Å². The molecule has 0 radical (unpaired) electrons. The van der Waals surface area contributed by atoms with Gasteiger partial charge >= 0.3 is 0 Å². The van der Waals surface area contributed by atoms with E-state index in [9.17, 15) is 26.3 Å². The van der Waals surface area contributed by atoms with Crippen molar-refractivity contribution in [2.45, 2.75) is 45.5 Å². The molecule has 0 saturated heterocycles. The third-order valence-corrected chi connectivity index (χ3v) is 19.6. The van der Waals surface area contributed by atoms with Gasteiger partial charge in [-0.1, -0.05) is 0 Å². The molecule has 2 heterocycles. The molecule has 0 amide bonds. The topological polar surface area (TPSA) is 31.4 Å². The normalized spacial score (nSPS) is 13.8. The van der Waals surface area contributed by atoms with Crippen molar-refractivity contribution in [3.8, 4) is 5.75 Å². The molecule has 1 aromatic heterocycles. The Morgan fingerprint density at radius 1 is 0.475 bits per heavy atom. The van der Waals surface area contributed by atoms with E-state index < -0.39 is 55.2 Å². The lowest BCUT2D eigenvalue weighted by Crippen LogP contribution is -2.38. The number of aryl methyl sites for hydroxylation is 1. The molecule has 11 heteroatoms. The monoisotopic (exact) mass is 837 g/mol. The molecule has 1 aliphatic heterocycles. The Morgan fingerprint density at radius 3 is 1.07 bits per heavy atom. The number of hydrogen-bond acceptors (Lipinski definition) is 3. The zero-order valence-electron chi connectivity index (χ0n) is 32.4. The van der Waals surface area contributed by atoms with Gasteiger partial charge in [-0.3, -0.25) is 0 Å². The van der Waals surface area contributed by atoms with Crippen LogP contribution in [-0.4, -0.2) is 10.8 Å². The van der Waals surface area contributed by atoms with Gasteiger partial charge < -0.3 is 9.47 Å². The van der Waals surface area contributed by atoms with Crippen molar-refractivity contribution in [2.75, 3.05) is 0 Å². The predicted octanol–water partition coefficient (Wildman–Crippen LogP) is 9.86. The summed E-state index contributed by atoms with van der Waals surface area (Å²) >= 11 is 0. The molecular formula is C48H39F6NO2P2+2. The summed E-state index contributed by atoms with van der Waals surface area (Å²) in [6.07, 6.45) is 0.434. The second-order valence-corrected chi connectivity index (χ2v) is 22.0. The Kier molecular flexibility index (Phi) is 11.0. The number of aromatic nitrogens is 1. The highest BCUT2D eigenvalue weighted by Crippen LogP contribution is 2.63. The van der Waals surface area contributed by atoms with E-state index in [-0.39, 0.29) is 18.9 Å². The quantitative estimate of drug-likeness (QED) is 0.102. The van der Waals surface area contributed by atoms with Crippen LogP contribution in [0.3, 0.4) is 0 Å². The molecule has 0 saturated carbocycles. The number of fused-ring (bicyclic) bond motifs is 1. The summed E-state index contributed by atoms with van der Waals surface area (Å²) in [7, 11) is -6.07. The first-order chi connectivity index (χ1) is 28.3. The van der Waals surface area contributed by atoms with E-state index in [4.69, 9.17) is 14.5 Å². The molecule has 0 aliphatic carbocycles. The first kappa shape index (κ1) is 40.4. The third kappa shape index (κ3) is 7.80. The molecular weight excluding hydrogens is 798 g/mol. The smallest absolute Gasteiger partial charge is 0.205 e. The van der Waals surface area contributed by atoms with Crippen molar-refractivity contribution < 1.29 is 35.8 Å². The number of pyridine rings is 1. The van der Waals surface area contributed by atoms with Crippen LogP contribution in [0.4, 0.5) is 26.3 Å². The average Bonchev–Trinajstić information content (AvgIpc) is 3.22. The van der Waals surface area contributed by atoms with Gasteiger partial charge in [-0.05, 0) is 153 Å². The Morgan fingerprint density at radius 2 is 0.763 bits per heavy atom. The maximum absolute atomic E-state index is 14.8. The highest BCUT2D eigenvalue weighted by atomic mass is 31.2. The molecule has 0 unspecified atom stereocenters. The van der Waals surface area contributed by atoms with Crippen molar-refractivity contribution in [1.82, 2.24) is 4.98 Å². The Labute approximate surface area is 340 Å². The molecule has 8 rings (SSSR count). The minimum atomic E-state index is -3.04. The van der Waals surface area contributed by atoms with Crippen LogP contribution in [-0.2, 0) is 23.7 Å². The van der Waals surface area contributed by atoms with Gasteiger partial charge in [0.05, 0.1) is 18.0 Å². The minimum absolute atomic E-state index is 0.124. The molecule has 59 heavy (non-hydrogen) atoms. The minimum Gasteiger partial charge on any atom is -0.461 e. The standard InChI is InChI=1S/C48H39F6NO2P2/c1-31-47-44(28-56-48(2,3)57-47)45(29-58(38-16-4-32(49)5-17-38,39-18-6-33(50)7-19-39)40-20-8-34(51)9-21-40)46(55-31)30-59(41-22-10-35(52)11-23-41,42-24-12-36(53)13-25-42)43-26-14-37(54)15-27-43/h4-27H,28-30H2,1-3H3/q+2. The summed E-state index contributed by atoms with van der Waals surface area (Å²) in [6.45, 7) is 5.59. The average molecular weight is 838 g/mol. The van der Waals surface area contributed by atoms with Crippen LogP contribution in [0.5, 0.6) is 5.75 Å². The van der Waals surface area contributed by atoms with Gasteiger partial charge in [-0.25, -0.2) is 31.3 Å². The van der Waals surface area contributed by atoms with Crippen molar-refractivity contribution >= 4 is 46.4 Å². The largest absolute Gasteiger partial charge is 0.461 e. The Balaban J connectivity index is 1.47. The van der Waals surface area contributed by atoms with Crippen LogP contribution in [0.1, 0.15) is 36.4 Å². The fourth-order valence-electron chi connectivity index (χ4n) is 8.05. The van der Waals surface area contributed by atoms with E-state index in [1.165, 1.54) is 72.8 Å². The Bertz CT molecular complexity index is 2380. The summed E-state index contributed by atoms with van der Waals surface area (Å²) in [6, 6.07) is 37.1. The van der Waals surface area contributed by atoms with E-state index in [0.29, 0.717) is 17.1 Å². The summed E-state index contributed by atoms with van der Waals surface area (Å²) < 4.78 is 101. The molecule has 0 fully saturated rings. The van der Waals surface area contributed by atoms with Crippen LogP contribution < -0.4 is 36.6 Å². The van der Waals surface area contributed by atoms with E-state index >= 15 is 0 Å². The lowest BCUT2D eigenvalue weighted by atomic mass is 10.0. The van der Waals surface area contributed by atoms with E-state index in [1.54, 1.807) is 72.8 Å². The number of rotatable bonds is 10. The molecule has 0 N–H and O–H groups in total. The summed E-state index contributed by atoms with van der Waals surface area (Å²) in [5.74, 6) is -3.15. The molecule has 6 aromatic carbocycles. The SMILES string of the molecule is Cc1nc(C[P+](c2ccc(F)cc2)(c2ccc(F)cc2)c2ccc(F)cc2)c(C[P+](c2ccc(F)cc2)(c2ccc(F)cc2)c2ccc(F)cc2)c2c1OC(C)(C)OC2. The molecule has 0 bridgehead atoms. The number of nitrogens with zero attached hydrogens (tertiary/aromatic N) is 1. The second-order valence-electron chi connectivity index (χ2n) is 15.0. The molecule has 1 aliphatic rings. The summed E-state index contributed by atoms with van der Waals surface area (Å²) in [5.41, 5.74) is 2.66. The van der Waals surface area contributed by atoms with E-state index in [1.807, 2.05) is 20.8 Å². The van der Waals surface area contributed by atoms with E-state index in [2.05, 4.69) is 0 Å². The fourth-order valence-corrected chi connectivity index (χ4v) is 16.4. The van der Waals surface area contributed by atoms with Crippen molar-refractivity contribution in [3.05, 3.63) is 203 Å². The number of ether oxygens (including phenoxy) is 2. The van der Waals surface area contributed by atoms with Gasteiger partial charge in [0.25, 0.3) is 0 Å². The molecule has 298 valence electrons. The number of halogens is 6. The first-order valence-electron chi connectivity index (χ1n) is 18.9. The van der Waals surface area contributed by atoms with Crippen LogP contribution in [0.2, 0.25) is 0 Å². The van der Waals surface area contributed by atoms with Gasteiger partial charge in [-0.2, -0.15) is 0 Å². The zero-order chi connectivity index (χ0) is 41.5. The third-order valence-electron chi connectivity index (χ3n) is 10.9. The van der Waals surface area contributed by atoms with Crippen LogP contribution in [0.15, 0.2) is 146 Å². The van der Waals surface area contributed by atoms with Crippen molar-refractivity contribution in [2.24, 2.45) is 0 Å². The highest BCUT2D eigenvalue weighted by molar-refractivity contribution is 7.95. The number of hydrogen-bond donors (Lipinski definition) is 0. The van der Waals surface area contributed by atoms with Gasteiger partial charge in [-0.15, -0.1) is 0 Å². The highest BCUT2D eigenvalue weighted by Gasteiger charge is 2.51. The number of benzene rings is 6. The summed E-state index contributed by atoms with van der Waals surface area (Å²) in [5, 5.41) is 4.45. The lowest BCUT2D eigenvalue weighted by molar-refractivity contribution is -0.180. The molecule has 3 nitrogen and oxygen atoms in total. The van der Waals surface area contributed by atoms with Crippen LogP contribution in [0.25, 0.3) is 0 Å². The molecule has 0 spiro atoms. The lowest BCUT2D eigenvalue weighted by Gasteiger charge is -2.36. The van der Waals surface area contributed by atoms with Gasteiger partial charge in [0.15, 0.2) is 0 Å². The predicted molar refractivity (Wildman–Crippen MR) is 226 cm³/mol. The first-order valence-corrected chi connectivity index (χ1v) is 22.9. The Hall–Kier alpha value is -5.33. The maximum Gasteiger partial charge on any atom is 0.205 e. The molecule has 0 atom stereocenters. The maximum atomic E-state index is 14.8. The van der Waals surface area contributed by atoms with Crippen molar-refractivity contribution in [1.29, 1.82) is 0 Å². The van der Waals surface area contributed by atoms with Gasteiger partial charge in [0.2, 0.25) is 5.79 Å². The fraction of sp³-hybridized carbons (Fsp3) is 0.146. The van der Waals surface area contributed by atoms with Crippen LogP contribution >= 0.6 is 14.5 Å². The van der Waals surface area contributed by atoms with E-state index in [0.717, 1.165) is 43.0 Å². The summed E-state index contributed by atoms with van der Waals surface area (Å²) in [4.78, 5) is 5.34. The second kappa shape index (κ2) is 16.0. The zero-order valence-corrected chi connectivity index (χ0v) is 34.2.